The van der Waals surface area contributed by atoms with Gasteiger partial charge in [0, 0.05) is 11.5 Å². The first-order chi connectivity index (χ1) is 7.27. The van der Waals surface area contributed by atoms with E-state index in [2.05, 4.69) is 10.0 Å². The summed E-state index contributed by atoms with van der Waals surface area (Å²) in [6.45, 7) is 0.216. The maximum atomic E-state index is 13.1. The van der Waals surface area contributed by atoms with E-state index in [0.29, 0.717) is 11.8 Å². The number of halogens is 1. The lowest BCUT2D eigenvalue weighted by molar-refractivity contribution is 0.112. The minimum Gasteiger partial charge on any atom is -0.298 e. The Bertz CT molecular complexity index is 436. The lowest BCUT2D eigenvalue weighted by atomic mass is 10.1. The average Bonchev–Trinajstić information content (AvgIpc) is 2.25. The molecular weight excluding hydrogens is 197 g/mol. The van der Waals surface area contributed by atoms with E-state index >= 15 is 0 Å². The number of aldehydes is 1. The fraction of sp³-hybridized carbons (Fsp3) is 0.100. The van der Waals surface area contributed by atoms with Gasteiger partial charge in [0.2, 0.25) is 0 Å². The molecule has 0 spiro atoms. The van der Waals surface area contributed by atoms with Crippen LogP contribution in [0, 0.1) is 5.82 Å². The average molecular weight is 205 g/mol. The van der Waals surface area contributed by atoms with E-state index in [4.69, 9.17) is 5.53 Å². The molecule has 0 N–H and O–H groups in total. The third-order valence-corrected chi connectivity index (χ3v) is 1.71. The Morgan fingerprint density at radius 2 is 2.33 bits per heavy atom. The standard InChI is InChI=1S/C10H8FN3O/c11-10-6-8(2-1-5-13-14-12)3-4-9(10)7-15/h1-4,6-7H,5H2. The first-order valence-corrected chi connectivity index (χ1v) is 4.20. The topological polar surface area (TPSA) is 65.8 Å². The molecule has 76 valence electrons. The number of carbonyl (C=O) groups is 1. The Balaban J connectivity index is 2.79. The highest BCUT2D eigenvalue weighted by Gasteiger charge is 1.99. The zero-order chi connectivity index (χ0) is 11.1. The molecule has 1 aromatic carbocycles. The highest BCUT2D eigenvalue weighted by molar-refractivity contribution is 5.75. The number of nitrogens with zero attached hydrogens (tertiary/aromatic N) is 3. The maximum absolute atomic E-state index is 13.1. The molecule has 0 unspecified atom stereocenters. The van der Waals surface area contributed by atoms with E-state index in [0.717, 1.165) is 0 Å². The van der Waals surface area contributed by atoms with Crippen LogP contribution >= 0.6 is 0 Å². The van der Waals surface area contributed by atoms with Crippen LogP contribution in [0.25, 0.3) is 16.5 Å². The van der Waals surface area contributed by atoms with Gasteiger partial charge >= 0.3 is 0 Å². The SMILES string of the molecule is [N-]=[N+]=NCC=Cc1ccc(C=O)c(F)c1. The molecule has 0 radical (unpaired) electrons. The minimum atomic E-state index is -0.559. The van der Waals surface area contributed by atoms with Crippen LogP contribution < -0.4 is 0 Å². The van der Waals surface area contributed by atoms with Gasteiger partial charge < -0.3 is 0 Å². The van der Waals surface area contributed by atoms with Gasteiger partial charge in [0.05, 0.1) is 5.56 Å². The van der Waals surface area contributed by atoms with Crippen molar-refractivity contribution in [1.82, 2.24) is 0 Å². The first kappa shape index (κ1) is 10.9. The maximum Gasteiger partial charge on any atom is 0.152 e. The number of hydrogen-bond acceptors (Lipinski definition) is 2. The van der Waals surface area contributed by atoms with Crippen molar-refractivity contribution in [3.8, 4) is 0 Å². The molecule has 4 nitrogen and oxygen atoms in total. The van der Waals surface area contributed by atoms with Crippen LogP contribution in [0.3, 0.4) is 0 Å². The van der Waals surface area contributed by atoms with Crippen molar-refractivity contribution in [1.29, 1.82) is 0 Å². The van der Waals surface area contributed by atoms with Gasteiger partial charge in [-0.3, -0.25) is 4.79 Å². The second-order valence-corrected chi connectivity index (χ2v) is 2.71. The molecule has 0 saturated heterocycles. The van der Waals surface area contributed by atoms with Gasteiger partial charge in [-0.05, 0) is 23.2 Å². The number of azide groups is 1. The summed E-state index contributed by atoms with van der Waals surface area (Å²) in [5.74, 6) is -0.559. The lowest BCUT2D eigenvalue weighted by Crippen LogP contribution is -1.87. The van der Waals surface area contributed by atoms with Crippen molar-refractivity contribution in [2.24, 2.45) is 5.11 Å². The summed E-state index contributed by atoms with van der Waals surface area (Å²) < 4.78 is 13.1. The summed E-state index contributed by atoms with van der Waals surface area (Å²) in [6, 6.07) is 4.26. The van der Waals surface area contributed by atoms with E-state index < -0.39 is 5.82 Å². The van der Waals surface area contributed by atoms with Crippen LogP contribution in [0.15, 0.2) is 29.4 Å². The predicted molar refractivity (Wildman–Crippen MR) is 54.8 cm³/mol. The molecule has 0 heterocycles. The number of carbonyl (C=O) groups excluding carboxylic acids is 1. The van der Waals surface area contributed by atoms with Crippen LogP contribution in [0.5, 0.6) is 0 Å². The van der Waals surface area contributed by atoms with Crippen molar-refractivity contribution >= 4 is 12.4 Å². The molecule has 0 aliphatic rings. The lowest BCUT2D eigenvalue weighted by Gasteiger charge is -1.96. The zero-order valence-electron chi connectivity index (χ0n) is 7.80. The Hall–Kier alpha value is -2.13. The number of rotatable bonds is 4. The van der Waals surface area contributed by atoms with E-state index in [1.807, 2.05) is 0 Å². The van der Waals surface area contributed by atoms with Crippen LogP contribution in [0.1, 0.15) is 15.9 Å². The summed E-state index contributed by atoms with van der Waals surface area (Å²) >= 11 is 0. The summed E-state index contributed by atoms with van der Waals surface area (Å²) in [4.78, 5) is 12.9. The van der Waals surface area contributed by atoms with Crippen LogP contribution in [0.2, 0.25) is 0 Å². The van der Waals surface area contributed by atoms with Crippen molar-refractivity contribution in [2.75, 3.05) is 6.54 Å². The molecule has 0 atom stereocenters. The van der Waals surface area contributed by atoms with E-state index in [-0.39, 0.29) is 12.1 Å². The number of benzene rings is 1. The summed E-state index contributed by atoms with van der Waals surface area (Å²) in [6.07, 6.45) is 3.68. The second kappa shape index (κ2) is 5.57. The first-order valence-electron chi connectivity index (χ1n) is 4.20. The van der Waals surface area contributed by atoms with Crippen LogP contribution in [0.4, 0.5) is 4.39 Å². The fourth-order valence-corrected chi connectivity index (χ4v) is 1.02. The molecule has 0 fully saturated rings. The van der Waals surface area contributed by atoms with E-state index in [1.165, 1.54) is 12.1 Å². The molecule has 0 bridgehead atoms. The third-order valence-electron chi connectivity index (χ3n) is 1.71. The van der Waals surface area contributed by atoms with Crippen molar-refractivity contribution < 1.29 is 9.18 Å². The van der Waals surface area contributed by atoms with E-state index in [9.17, 15) is 9.18 Å². The summed E-state index contributed by atoms with van der Waals surface area (Å²) in [7, 11) is 0. The van der Waals surface area contributed by atoms with Gasteiger partial charge in [0.15, 0.2) is 6.29 Å². The highest BCUT2D eigenvalue weighted by Crippen LogP contribution is 2.09. The molecule has 0 aromatic heterocycles. The highest BCUT2D eigenvalue weighted by atomic mass is 19.1. The molecule has 0 amide bonds. The van der Waals surface area contributed by atoms with Gasteiger partial charge in [-0.1, -0.05) is 23.3 Å². The Morgan fingerprint density at radius 1 is 1.53 bits per heavy atom. The molecule has 1 aromatic rings. The van der Waals surface area contributed by atoms with E-state index in [1.54, 1.807) is 18.2 Å². The van der Waals surface area contributed by atoms with Crippen molar-refractivity contribution in [3.63, 3.8) is 0 Å². The van der Waals surface area contributed by atoms with Crippen LogP contribution in [-0.2, 0) is 0 Å². The molecule has 1 rings (SSSR count). The fourth-order valence-electron chi connectivity index (χ4n) is 1.02. The Morgan fingerprint density at radius 3 is 2.93 bits per heavy atom. The zero-order valence-corrected chi connectivity index (χ0v) is 7.80. The Kier molecular flexibility index (Phi) is 4.06. The quantitative estimate of drug-likeness (QED) is 0.322. The van der Waals surface area contributed by atoms with Crippen molar-refractivity contribution in [2.45, 2.75) is 0 Å². The number of hydrogen-bond donors (Lipinski definition) is 0. The largest absolute Gasteiger partial charge is 0.298 e. The molecule has 0 aliphatic carbocycles. The summed E-state index contributed by atoms with van der Waals surface area (Å²) in [5, 5.41) is 3.29. The smallest absolute Gasteiger partial charge is 0.152 e. The normalized spacial score (nSPS) is 9.93. The third kappa shape index (κ3) is 3.25. The molecular formula is C10H8FN3O. The van der Waals surface area contributed by atoms with Gasteiger partial charge in [0.1, 0.15) is 5.82 Å². The van der Waals surface area contributed by atoms with Crippen molar-refractivity contribution in [3.05, 3.63) is 51.7 Å². The molecule has 15 heavy (non-hydrogen) atoms. The molecule has 0 aliphatic heterocycles. The van der Waals surface area contributed by atoms with Crippen LogP contribution in [-0.4, -0.2) is 12.8 Å². The second-order valence-electron chi connectivity index (χ2n) is 2.71. The Labute approximate surface area is 85.7 Å². The predicted octanol–water partition coefficient (Wildman–Crippen LogP) is 2.96. The van der Waals surface area contributed by atoms with Gasteiger partial charge in [-0.25, -0.2) is 4.39 Å². The molecule has 5 heteroatoms. The van der Waals surface area contributed by atoms with Gasteiger partial charge in [-0.2, -0.15) is 0 Å². The van der Waals surface area contributed by atoms with Gasteiger partial charge in [-0.15, -0.1) is 0 Å². The van der Waals surface area contributed by atoms with Gasteiger partial charge in [0.25, 0.3) is 0 Å². The molecule has 0 saturated carbocycles. The minimum absolute atomic E-state index is 0.0298. The summed E-state index contributed by atoms with van der Waals surface area (Å²) in [5.41, 5.74) is 8.65. The monoisotopic (exact) mass is 205 g/mol.